The summed E-state index contributed by atoms with van der Waals surface area (Å²) in [6.45, 7) is 12.3. The van der Waals surface area contributed by atoms with Crippen molar-refractivity contribution in [3.63, 3.8) is 0 Å². The van der Waals surface area contributed by atoms with Gasteiger partial charge in [-0.05, 0) is 6.92 Å². The van der Waals surface area contributed by atoms with E-state index in [4.69, 9.17) is 4.42 Å². The molecule has 0 aromatic carbocycles. The summed E-state index contributed by atoms with van der Waals surface area (Å²) in [6, 6.07) is 0.536. The zero-order valence-electron chi connectivity index (χ0n) is 11.2. The van der Waals surface area contributed by atoms with Crippen LogP contribution in [-0.4, -0.2) is 40.8 Å². The van der Waals surface area contributed by atoms with Crippen LogP contribution in [-0.2, 0) is 12.0 Å². The van der Waals surface area contributed by atoms with E-state index in [1.807, 2.05) is 0 Å². The van der Waals surface area contributed by atoms with Crippen molar-refractivity contribution < 1.29 is 4.42 Å². The molecule has 1 atom stereocenters. The van der Waals surface area contributed by atoms with E-state index >= 15 is 0 Å². The quantitative estimate of drug-likeness (QED) is 0.838. The summed E-state index contributed by atoms with van der Waals surface area (Å²) in [5.41, 5.74) is -0.0675. The van der Waals surface area contributed by atoms with Gasteiger partial charge >= 0.3 is 0 Å². The van der Waals surface area contributed by atoms with Crippen LogP contribution in [0.15, 0.2) is 4.42 Å². The third-order valence-electron chi connectivity index (χ3n) is 2.92. The molecule has 0 unspecified atom stereocenters. The molecule has 0 aliphatic carbocycles. The zero-order valence-corrected chi connectivity index (χ0v) is 11.2. The Morgan fingerprint density at radius 3 is 2.76 bits per heavy atom. The number of hydrogen-bond donors (Lipinski definition) is 1. The Labute approximate surface area is 103 Å². The fourth-order valence-electron chi connectivity index (χ4n) is 1.97. The van der Waals surface area contributed by atoms with E-state index in [1.165, 1.54) is 0 Å². The van der Waals surface area contributed by atoms with Crippen molar-refractivity contribution in [1.82, 2.24) is 20.4 Å². The van der Waals surface area contributed by atoms with Gasteiger partial charge in [0.15, 0.2) is 0 Å². The van der Waals surface area contributed by atoms with E-state index in [-0.39, 0.29) is 5.41 Å². The van der Waals surface area contributed by atoms with Gasteiger partial charge < -0.3 is 9.73 Å². The van der Waals surface area contributed by atoms with Crippen LogP contribution in [0.4, 0.5) is 0 Å². The molecule has 0 amide bonds. The first kappa shape index (κ1) is 12.5. The van der Waals surface area contributed by atoms with Crippen LogP contribution in [0.5, 0.6) is 0 Å². The third-order valence-corrected chi connectivity index (χ3v) is 2.92. The van der Waals surface area contributed by atoms with Gasteiger partial charge in [0.1, 0.15) is 0 Å². The number of piperazine rings is 1. The third kappa shape index (κ3) is 3.26. The second-order valence-corrected chi connectivity index (χ2v) is 5.84. The lowest BCUT2D eigenvalue weighted by atomic mass is 9.97. The fraction of sp³-hybridized carbons (Fsp3) is 0.833. The number of rotatable bonds is 2. The van der Waals surface area contributed by atoms with Gasteiger partial charge in [-0.15, -0.1) is 10.2 Å². The molecule has 0 bridgehead atoms. The molecule has 0 spiro atoms. The molecule has 0 radical (unpaired) electrons. The molecule has 5 heteroatoms. The summed E-state index contributed by atoms with van der Waals surface area (Å²) >= 11 is 0. The number of nitrogens with one attached hydrogen (secondary N) is 1. The van der Waals surface area contributed by atoms with Crippen molar-refractivity contribution in [2.45, 2.75) is 45.7 Å². The second-order valence-electron chi connectivity index (χ2n) is 5.84. The molecule has 1 aliphatic heterocycles. The van der Waals surface area contributed by atoms with E-state index < -0.39 is 0 Å². The summed E-state index contributed by atoms with van der Waals surface area (Å²) in [6.07, 6.45) is 0. The first-order chi connectivity index (χ1) is 7.95. The maximum Gasteiger partial charge on any atom is 0.230 e. The summed E-state index contributed by atoms with van der Waals surface area (Å²) in [4.78, 5) is 2.35. The molecule has 17 heavy (non-hydrogen) atoms. The highest BCUT2D eigenvalue weighted by atomic mass is 16.4. The topological polar surface area (TPSA) is 54.2 Å². The maximum absolute atomic E-state index is 5.70. The van der Waals surface area contributed by atoms with Gasteiger partial charge in [0.2, 0.25) is 11.8 Å². The molecule has 2 heterocycles. The molecule has 1 aromatic rings. The maximum atomic E-state index is 5.70. The van der Waals surface area contributed by atoms with E-state index in [0.29, 0.717) is 6.04 Å². The lowest BCUT2D eigenvalue weighted by Gasteiger charge is -2.30. The van der Waals surface area contributed by atoms with Crippen LogP contribution in [0.3, 0.4) is 0 Å². The van der Waals surface area contributed by atoms with Crippen LogP contribution in [0, 0.1) is 0 Å². The van der Waals surface area contributed by atoms with E-state index in [0.717, 1.165) is 38.0 Å². The lowest BCUT2D eigenvalue weighted by Crippen LogP contribution is -2.48. The Balaban J connectivity index is 1.97. The Kier molecular flexibility index (Phi) is 3.49. The van der Waals surface area contributed by atoms with Gasteiger partial charge in [-0.25, -0.2) is 0 Å². The molecule has 2 rings (SSSR count). The fourth-order valence-corrected chi connectivity index (χ4v) is 1.97. The van der Waals surface area contributed by atoms with Gasteiger partial charge in [0.05, 0.1) is 6.54 Å². The molecular formula is C12H22N4O. The van der Waals surface area contributed by atoms with Crippen LogP contribution in [0.1, 0.15) is 39.5 Å². The summed E-state index contributed by atoms with van der Waals surface area (Å²) in [5.74, 6) is 1.44. The SMILES string of the molecule is C[C@H]1CN(Cc2nnc(C(C)(C)C)o2)CCN1. The van der Waals surface area contributed by atoms with Gasteiger partial charge in [0.25, 0.3) is 0 Å². The van der Waals surface area contributed by atoms with E-state index in [9.17, 15) is 0 Å². The Hall–Kier alpha value is -0.940. The van der Waals surface area contributed by atoms with Crippen molar-refractivity contribution >= 4 is 0 Å². The first-order valence-corrected chi connectivity index (χ1v) is 6.24. The van der Waals surface area contributed by atoms with Crippen LogP contribution >= 0.6 is 0 Å². The average Bonchev–Trinajstić information content (AvgIpc) is 2.65. The van der Waals surface area contributed by atoms with Crippen molar-refractivity contribution in [2.75, 3.05) is 19.6 Å². The molecule has 1 aromatic heterocycles. The molecule has 1 N–H and O–H groups in total. The molecule has 96 valence electrons. The highest BCUT2D eigenvalue weighted by Crippen LogP contribution is 2.20. The minimum atomic E-state index is -0.0675. The summed E-state index contributed by atoms with van der Waals surface area (Å²) in [7, 11) is 0. The standard InChI is InChI=1S/C12H22N4O/c1-9-7-16(6-5-13-9)8-10-14-15-11(17-10)12(2,3)4/h9,13H,5-8H2,1-4H3/t9-/m0/s1. The van der Waals surface area contributed by atoms with Crippen molar-refractivity contribution in [1.29, 1.82) is 0 Å². The molecule has 1 aliphatic rings. The number of nitrogens with zero attached hydrogens (tertiary/aromatic N) is 3. The predicted octanol–water partition coefficient (Wildman–Crippen LogP) is 1.16. The minimum Gasteiger partial charge on any atom is -0.423 e. The van der Waals surface area contributed by atoms with Crippen molar-refractivity contribution in [3.05, 3.63) is 11.8 Å². The van der Waals surface area contributed by atoms with Crippen molar-refractivity contribution in [2.24, 2.45) is 0 Å². The highest BCUT2D eigenvalue weighted by molar-refractivity contribution is 4.96. The van der Waals surface area contributed by atoms with Gasteiger partial charge in [-0.3, -0.25) is 4.90 Å². The van der Waals surface area contributed by atoms with Crippen LogP contribution in [0.2, 0.25) is 0 Å². The lowest BCUT2D eigenvalue weighted by molar-refractivity contribution is 0.180. The van der Waals surface area contributed by atoms with Gasteiger partial charge in [-0.1, -0.05) is 20.8 Å². The van der Waals surface area contributed by atoms with Crippen molar-refractivity contribution in [3.8, 4) is 0 Å². The van der Waals surface area contributed by atoms with E-state index in [1.54, 1.807) is 0 Å². The molecule has 5 nitrogen and oxygen atoms in total. The first-order valence-electron chi connectivity index (χ1n) is 6.24. The second kappa shape index (κ2) is 4.74. The monoisotopic (exact) mass is 238 g/mol. The Morgan fingerprint density at radius 1 is 1.41 bits per heavy atom. The highest BCUT2D eigenvalue weighted by Gasteiger charge is 2.23. The van der Waals surface area contributed by atoms with Gasteiger partial charge in [-0.2, -0.15) is 0 Å². The van der Waals surface area contributed by atoms with E-state index in [2.05, 4.69) is 48.1 Å². The van der Waals surface area contributed by atoms with Crippen LogP contribution < -0.4 is 5.32 Å². The zero-order chi connectivity index (χ0) is 12.5. The molecule has 1 saturated heterocycles. The molecule has 0 saturated carbocycles. The summed E-state index contributed by atoms with van der Waals surface area (Å²) in [5, 5.41) is 11.7. The Morgan fingerprint density at radius 2 is 2.18 bits per heavy atom. The average molecular weight is 238 g/mol. The summed E-state index contributed by atoms with van der Waals surface area (Å²) < 4.78 is 5.70. The number of hydrogen-bond acceptors (Lipinski definition) is 5. The predicted molar refractivity (Wildman–Crippen MR) is 65.7 cm³/mol. The largest absolute Gasteiger partial charge is 0.423 e. The Bertz CT molecular complexity index is 369. The molecular weight excluding hydrogens is 216 g/mol. The minimum absolute atomic E-state index is 0.0675. The van der Waals surface area contributed by atoms with Gasteiger partial charge in [0, 0.05) is 31.1 Å². The smallest absolute Gasteiger partial charge is 0.230 e. The number of aromatic nitrogens is 2. The normalized spacial score (nSPS) is 22.9. The molecule has 1 fully saturated rings. The van der Waals surface area contributed by atoms with Crippen LogP contribution in [0.25, 0.3) is 0 Å².